The number of rotatable bonds is 8. The summed E-state index contributed by atoms with van der Waals surface area (Å²) in [4.78, 5) is 35.4. The maximum Gasteiger partial charge on any atom is 0.326 e. The lowest BCUT2D eigenvalue weighted by molar-refractivity contribution is -0.139. The molecule has 4 N–H and O–H groups in total. The van der Waals surface area contributed by atoms with E-state index in [2.05, 4.69) is 5.32 Å². The Morgan fingerprint density at radius 1 is 1.15 bits per heavy atom. The minimum Gasteiger partial charge on any atom is -0.480 e. The number of carboxylic acids is 1. The number of nitrogens with two attached hydrogens (primary N) is 1. The van der Waals surface area contributed by atoms with Gasteiger partial charge in [-0.1, -0.05) is 27.7 Å². The molecule has 7 nitrogen and oxygen atoms in total. The zero-order chi connectivity index (χ0) is 15.9. The molecule has 1 atom stereocenters. The first-order chi connectivity index (χ1) is 9.13. The molecule has 0 aromatic carbocycles. The van der Waals surface area contributed by atoms with Crippen molar-refractivity contribution in [2.24, 2.45) is 17.6 Å². The van der Waals surface area contributed by atoms with Crippen molar-refractivity contribution in [3.05, 3.63) is 0 Å². The van der Waals surface area contributed by atoms with Crippen LogP contribution in [-0.2, 0) is 9.59 Å². The van der Waals surface area contributed by atoms with Crippen molar-refractivity contribution in [1.82, 2.24) is 10.2 Å². The molecule has 0 rings (SSSR count). The maximum absolute atomic E-state index is 12.1. The van der Waals surface area contributed by atoms with Crippen LogP contribution < -0.4 is 11.1 Å². The number of carbonyl (C=O) groups is 3. The summed E-state index contributed by atoms with van der Waals surface area (Å²) in [6.07, 6.45) is 0.327. The first-order valence-electron chi connectivity index (χ1n) is 6.70. The summed E-state index contributed by atoms with van der Waals surface area (Å²) in [5.41, 5.74) is 5.10. The third kappa shape index (κ3) is 7.60. The number of aliphatic carboxylic acids is 1. The smallest absolute Gasteiger partial charge is 0.326 e. The van der Waals surface area contributed by atoms with Gasteiger partial charge in [0.15, 0.2) is 0 Å². The van der Waals surface area contributed by atoms with Gasteiger partial charge in [-0.05, 0) is 18.3 Å². The quantitative estimate of drug-likeness (QED) is 0.608. The number of nitrogens with zero attached hydrogens (tertiary/aromatic N) is 1. The van der Waals surface area contributed by atoms with Crippen molar-refractivity contribution in [3.8, 4) is 0 Å². The molecular weight excluding hydrogens is 262 g/mol. The lowest BCUT2D eigenvalue weighted by atomic mass is 10.0. The fourth-order valence-corrected chi connectivity index (χ4v) is 1.78. The first kappa shape index (κ1) is 18.2. The monoisotopic (exact) mass is 287 g/mol. The molecule has 0 saturated heterocycles. The number of nitrogens with one attached hydrogen (secondary N) is 1. The molecule has 0 radical (unpaired) electrons. The maximum atomic E-state index is 12.1. The zero-order valence-corrected chi connectivity index (χ0v) is 12.5. The van der Waals surface area contributed by atoms with E-state index in [-0.39, 0.29) is 18.4 Å². The Balaban J connectivity index is 4.77. The molecule has 0 fully saturated rings. The molecule has 0 aliphatic rings. The molecule has 0 unspecified atom stereocenters. The molecule has 3 amide bonds. The molecule has 0 aromatic rings. The van der Waals surface area contributed by atoms with Crippen molar-refractivity contribution < 1.29 is 19.5 Å². The van der Waals surface area contributed by atoms with Crippen molar-refractivity contribution in [1.29, 1.82) is 0 Å². The average Bonchev–Trinajstić information content (AvgIpc) is 2.24. The van der Waals surface area contributed by atoms with Crippen LogP contribution in [0.2, 0.25) is 0 Å². The highest BCUT2D eigenvalue weighted by atomic mass is 16.4. The second kappa shape index (κ2) is 8.39. The van der Waals surface area contributed by atoms with Gasteiger partial charge >= 0.3 is 12.0 Å². The highest BCUT2D eigenvalue weighted by molar-refractivity contribution is 5.86. The van der Waals surface area contributed by atoms with Crippen LogP contribution in [0.5, 0.6) is 0 Å². The Labute approximate surface area is 119 Å². The molecule has 7 heteroatoms. The number of carbonyl (C=O) groups excluding carboxylic acids is 2. The van der Waals surface area contributed by atoms with Crippen molar-refractivity contribution in [2.45, 2.75) is 40.2 Å². The van der Waals surface area contributed by atoms with Gasteiger partial charge in [-0.25, -0.2) is 9.59 Å². The summed E-state index contributed by atoms with van der Waals surface area (Å²) in [5, 5.41) is 11.5. The summed E-state index contributed by atoms with van der Waals surface area (Å²) < 4.78 is 0. The second-order valence-corrected chi connectivity index (χ2v) is 5.71. The van der Waals surface area contributed by atoms with Crippen molar-refractivity contribution in [3.63, 3.8) is 0 Å². The van der Waals surface area contributed by atoms with Gasteiger partial charge in [0.25, 0.3) is 0 Å². The Kier molecular flexibility index (Phi) is 7.64. The summed E-state index contributed by atoms with van der Waals surface area (Å²) in [7, 11) is 0. The van der Waals surface area contributed by atoms with E-state index in [1.807, 2.05) is 27.7 Å². The van der Waals surface area contributed by atoms with Crippen LogP contribution in [0.25, 0.3) is 0 Å². The van der Waals surface area contributed by atoms with E-state index in [1.54, 1.807) is 0 Å². The summed E-state index contributed by atoms with van der Waals surface area (Å²) in [6.45, 7) is 7.64. The molecular formula is C13H25N3O4. The van der Waals surface area contributed by atoms with Gasteiger partial charge in [0.05, 0.1) is 0 Å². The van der Waals surface area contributed by atoms with Crippen molar-refractivity contribution in [2.75, 3.05) is 13.1 Å². The average molecular weight is 287 g/mol. The third-order valence-corrected chi connectivity index (χ3v) is 2.52. The molecule has 0 aliphatic heterocycles. The summed E-state index contributed by atoms with van der Waals surface area (Å²) in [6, 6.07) is -1.55. The largest absolute Gasteiger partial charge is 0.480 e. The van der Waals surface area contributed by atoms with Crippen LogP contribution >= 0.6 is 0 Å². The van der Waals surface area contributed by atoms with E-state index in [0.29, 0.717) is 13.0 Å². The first-order valence-corrected chi connectivity index (χ1v) is 6.70. The minimum atomic E-state index is -1.09. The summed E-state index contributed by atoms with van der Waals surface area (Å²) in [5.74, 6) is -1.44. The topological polar surface area (TPSA) is 113 Å². The van der Waals surface area contributed by atoms with E-state index >= 15 is 0 Å². The molecule has 0 spiro atoms. The zero-order valence-electron chi connectivity index (χ0n) is 12.5. The predicted octanol–water partition coefficient (Wildman–Crippen LogP) is 0.639. The van der Waals surface area contributed by atoms with Gasteiger partial charge in [-0.3, -0.25) is 4.79 Å². The molecule has 0 aliphatic carbocycles. The lowest BCUT2D eigenvalue weighted by Crippen LogP contribution is -2.51. The fraction of sp³-hybridized carbons (Fsp3) is 0.769. The molecule has 116 valence electrons. The highest BCUT2D eigenvalue weighted by Crippen LogP contribution is 2.06. The van der Waals surface area contributed by atoms with Crippen LogP contribution in [-0.4, -0.2) is 47.0 Å². The number of primary amides is 1. The lowest BCUT2D eigenvalue weighted by Gasteiger charge is -2.26. The standard InChI is InChI=1S/C13H25N3O4/c1-8(2)5-10(12(18)19)15-13(20)16(6-9(3)4)7-11(14)17/h8-10H,5-7H2,1-4H3,(H2,14,17)(H,15,20)(H,18,19)/t10-/m1/s1. The van der Waals surface area contributed by atoms with Gasteiger partial charge < -0.3 is 21.1 Å². The van der Waals surface area contributed by atoms with Crippen LogP contribution in [0.3, 0.4) is 0 Å². The molecule has 20 heavy (non-hydrogen) atoms. The number of hydrogen-bond donors (Lipinski definition) is 3. The second-order valence-electron chi connectivity index (χ2n) is 5.71. The van der Waals surface area contributed by atoms with Crippen molar-refractivity contribution >= 4 is 17.9 Å². The molecule has 0 aromatic heterocycles. The van der Waals surface area contributed by atoms with Crippen LogP contribution in [0.1, 0.15) is 34.1 Å². The molecule has 0 bridgehead atoms. The normalized spacial score (nSPS) is 12.3. The number of amides is 3. The highest BCUT2D eigenvalue weighted by Gasteiger charge is 2.25. The van der Waals surface area contributed by atoms with Crippen LogP contribution in [0.4, 0.5) is 4.79 Å². The Morgan fingerprint density at radius 2 is 1.70 bits per heavy atom. The van der Waals surface area contributed by atoms with E-state index < -0.39 is 23.9 Å². The minimum absolute atomic E-state index is 0.131. The number of urea groups is 1. The van der Waals surface area contributed by atoms with E-state index in [1.165, 1.54) is 4.90 Å². The number of hydrogen-bond acceptors (Lipinski definition) is 3. The van der Waals surface area contributed by atoms with Gasteiger partial charge in [-0.15, -0.1) is 0 Å². The van der Waals surface area contributed by atoms with E-state index in [4.69, 9.17) is 10.8 Å². The Hall–Kier alpha value is -1.79. The van der Waals surface area contributed by atoms with Gasteiger partial charge in [0.1, 0.15) is 12.6 Å². The molecule has 0 heterocycles. The Morgan fingerprint density at radius 3 is 2.05 bits per heavy atom. The Bertz CT molecular complexity index is 356. The third-order valence-electron chi connectivity index (χ3n) is 2.52. The predicted molar refractivity (Wildman–Crippen MR) is 75.0 cm³/mol. The number of carboxylic acid groups (broad SMARTS) is 1. The van der Waals surface area contributed by atoms with E-state index in [9.17, 15) is 14.4 Å². The van der Waals surface area contributed by atoms with Crippen LogP contribution in [0.15, 0.2) is 0 Å². The van der Waals surface area contributed by atoms with Gasteiger partial charge in [-0.2, -0.15) is 0 Å². The van der Waals surface area contributed by atoms with Gasteiger partial charge in [0.2, 0.25) is 5.91 Å². The SMILES string of the molecule is CC(C)C[C@@H](NC(=O)N(CC(N)=O)CC(C)C)C(=O)O. The summed E-state index contributed by atoms with van der Waals surface area (Å²) >= 11 is 0. The molecule has 0 saturated carbocycles. The van der Waals surface area contributed by atoms with E-state index in [0.717, 1.165) is 0 Å². The fourth-order valence-electron chi connectivity index (χ4n) is 1.78. The van der Waals surface area contributed by atoms with Crippen LogP contribution in [0, 0.1) is 11.8 Å². The van der Waals surface area contributed by atoms with Gasteiger partial charge in [0, 0.05) is 6.54 Å².